The van der Waals surface area contributed by atoms with Gasteiger partial charge in [0.05, 0.1) is 6.10 Å². The summed E-state index contributed by atoms with van der Waals surface area (Å²) in [6, 6.07) is 0. The Hall–Kier alpha value is -0.160. The van der Waals surface area contributed by atoms with E-state index in [0.717, 1.165) is 12.8 Å². The normalized spacial score (nSPS) is 31.3. The van der Waals surface area contributed by atoms with Crippen molar-refractivity contribution < 1.29 is 15.1 Å². The fraction of sp³-hybridized carbons (Fsp3) is 1.00. The van der Waals surface area contributed by atoms with Gasteiger partial charge in [-0.1, -0.05) is 19.3 Å². The predicted octanol–water partition coefficient (Wildman–Crippen LogP) is 3.07. The Morgan fingerprint density at radius 3 is 1.89 bits per heavy atom. The van der Waals surface area contributed by atoms with E-state index in [0.29, 0.717) is 12.8 Å². The van der Waals surface area contributed by atoms with Gasteiger partial charge in [-0.25, -0.2) is 0 Å². The van der Waals surface area contributed by atoms with E-state index < -0.39 is 16.9 Å². The second-order valence-electron chi connectivity index (χ2n) is 7.61. The first-order valence-corrected chi connectivity index (χ1v) is 7.54. The predicted molar refractivity (Wildman–Crippen MR) is 73.9 cm³/mol. The summed E-state index contributed by atoms with van der Waals surface area (Å²) in [7, 11) is 0. The minimum absolute atomic E-state index is 0.176. The van der Waals surface area contributed by atoms with Crippen LogP contribution in [0.25, 0.3) is 0 Å². The molecule has 4 heteroatoms. The van der Waals surface area contributed by atoms with Crippen molar-refractivity contribution in [2.75, 3.05) is 0 Å². The smallest absolute Gasteiger partial charge is 0.169 e. The number of rotatable bonds is 2. The van der Waals surface area contributed by atoms with Crippen LogP contribution in [0.3, 0.4) is 0 Å². The highest BCUT2D eigenvalue weighted by Crippen LogP contribution is 2.44. The molecule has 112 valence electrons. The Kier molecular flexibility index (Phi) is 4.00. The van der Waals surface area contributed by atoms with Crippen molar-refractivity contribution >= 4 is 0 Å². The maximum Gasteiger partial charge on any atom is 0.169 e. The summed E-state index contributed by atoms with van der Waals surface area (Å²) in [5.74, 6) is -1.12. The molecule has 0 bridgehead atoms. The molecule has 2 N–H and O–H groups in total. The zero-order valence-corrected chi connectivity index (χ0v) is 12.8. The van der Waals surface area contributed by atoms with Gasteiger partial charge in [-0.3, -0.25) is 0 Å². The molecule has 4 nitrogen and oxygen atoms in total. The maximum atomic E-state index is 10.9. The van der Waals surface area contributed by atoms with Gasteiger partial charge in [0.2, 0.25) is 0 Å². The van der Waals surface area contributed by atoms with E-state index in [1.54, 1.807) is 0 Å². The van der Waals surface area contributed by atoms with Gasteiger partial charge >= 0.3 is 0 Å². The number of hydrogen-bond donors (Lipinski definition) is 2. The lowest BCUT2D eigenvalue weighted by Crippen LogP contribution is -2.65. The molecule has 1 saturated heterocycles. The fourth-order valence-corrected chi connectivity index (χ4v) is 3.96. The van der Waals surface area contributed by atoms with E-state index in [9.17, 15) is 10.3 Å². The molecular formula is C15H29NO3. The molecular weight excluding hydrogens is 242 g/mol. The summed E-state index contributed by atoms with van der Waals surface area (Å²) >= 11 is 0. The lowest BCUT2D eigenvalue weighted by molar-refractivity contribution is -0.340. The van der Waals surface area contributed by atoms with Gasteiger partial charge < -0.3 is 15.1 Å². The van der Waals surface area contributed by atoms with Gasteiger partial charge in [-0.05, 0) is 40.5 Å². The van der Waals surface area contributed by atoms with E-state index >= 15 is 0 Å². The largest absolute Gasteiger partial charge is 0.365 e. The quantitative estimate of drug-likeness (QED) is 0.758. The van der Waals surface area contributed by atoms with Crippen LogP contribution in [0.15, 0.2) is 0 Å². The Bertz CT molecular complexity index is 303. The Labute approximate surface area is 116 Å². The second-order valence-corrected chi connectivity index (χ2v) is 7.61. The molecule has 2 fully saturated rings. The molecule has 1 aliphatic carbocycles. The van der Waals surface area contributed by atoms with Crippen molar-refractivity contribution in [1.82, 2.24) is 5.06 Å². The summed E-state index contributed by atoms with van der Waals surface area (Å²) in [5.41, 5.74) is -0.962. The molecule has 2 aliphatic rings. The van der Waals surface area contributed by atoms with Crippen molar-refractivity contribution in [3.8, 4) is 0 Å². The Morgan fingerprint density at radius 1 is 0.947 bits per heavy atom. The van der Waals surface area contributed by atoms with Crippen molar-refractivity contribution in [3.05, 3.63) is 0 Å². The molecule has 1 heterocycles. The third kappa shape index (κ3) is 3.30. The van der Waals surface area contributed by atoms with Crippen LogP contribution < -0.4 is 0 Å². The molecule has 1 aliphatic heterocycles. The average Bonchev–Trinajstić information content (AvgIpc) is 2.25. The van der Waals surface area contributed by atoms with Crippen LogP contribution in [0.4, 0.5) is 0 Å². The van der Waals surface area contributed by atoms with E-state index in [-0.39, 0.29) is 6.10 Å². The molecule has 2 rings (SSSR count). The van der Waals surface area contributed by atoms with E-state index in [4.69, 9.17) is 4.74 Å². The van der Waals surface area contributed by atoms with Crippen LogP contribution in [-0.4, -0.2) is 38.3 Å². The van der Waals surface area contributed by atoms with Crippen molar-refractivity contribution in [3.63, 3.8) is 0 Å². The summed E-state index contributed by atoms with van der Waals surface area (Å²) in [6.45, 7) is 7.79. The lowest BCUT2D eigenvalue weighted by atomic mass is 9.78. The number of hydroxylamine groups is 2. The first kappa shape index (κ1) is 15.2. The number of nitrogens with zero attached hydrogens (tertiary/aromatic N) is 1. The van der Waals surface area contributed by atoms with Gasteiger partial charge in [-0.2, -0.15) is 5.06 Å². The number of hydrogen-bond acceptors (Lipinski definition) is 4. The molecule has 0 spiro atoms. The van der Waals surface area contributed by atoms with E-state index in [1.807, 2.05) is 27.7 Å². The first-order valence-electron chi connectivity index (χ1n) is 7.54. The molecule has 0 aromatic rings. The molecule has 19 heavy (non-hydrogen) atoms. The number of piperidine rings is 1. The SMILES string of the molecule is CC1(C)CC(O)(OC2CCCCC2)CC(C)(C)N1O. The minimum atomic E-state index is -1.12. The molecule has 0 amide bonds. The van der Waals surface area contributed by atoms with E-state index in [1.165, 1.54) is 24.3 Å². The minimum Gasteiger partial charge on any atom is -0.365 e. The van der Waals surface area contributed by atoms with Crippen molar-refractivity contribution in [2.45, 2.75) is 95.6 Å². The number of aliphatic hydroxyl groups is 1. The molecule has 0 aromatic heterocycles. The zero-order valence-electron chi connectivity index (χ0n) is 12.8. The Balaban J connectivity index is 2.09. The van der Waals surface area contributed by atoms with Crippen molar-refractivity contribution in [2.24, 2.45) is 0 Å². The molecule has 1 saturated carbocycles. The second kappa shape index (κ2) is 4.99. The summed E-state index contributed by atoms with van der Waals surface area (Å²) in [5, 5.41) is 22.5. The molecule has 0 radical (unpaired) electrons. The molecule has 0 aromatic carbocycles. The summed E-state index contributed by atoms with van der Waals surface area (Å²) < 4.78 is 6.06. The van der Waals surface area contributed by atoms with E-state index in [2.05, 4.69) is 0 Å². The fourth-order valence-electron chi connectivity index (χ4n) is 3.96. The third-order valence-corrected chi connectivity index (χ3v) is 4.50. The first-order chi connectivity index (χ1) is 8.65. The van der Waals surface area contributed by atoms with Crippen LogP contribution >= 0.6 is 0 Å². The standard InChI is InChI=1S/C15H29NO3/c1-13(2)10-15(17,11-14(3,4)16(13)18)19-12-8-6-5-7-9-12/h12,17-18H,5-11H2,1-4H3. The molecule has 0 atom stereocenters. The zero-order chi connectivity index (χ0) is 14.3. The van der Waals surface area contributed by atoms with Gasteiger partial charge in [0.25, 0.3) is 0 Å². The number of ether oxygens (including phenoxy) is 1. The van der Waals surface area contributed by atoms with Gasteiger partial charge in [0.1, 0.15) is 0 Å². The summed E-state index contributed by atoms with van der Waals surface area (Å²) in [6.07, 6.45) is 6.82. The maximum absolute atomic E-state index is 10.9. The van der Waals surface area contributed by atoms with Crippen LogP contribution in [0, 0.1) is 0 Å². The van der Waals surface area contributed by atoms with Crippen LogP contribution in [0.2, 0.25) is 0 Å². The van der Waals surface area contributed by atoms with Gasteiger partial charge in [0, 0.05) is 23.9 Å². The summed E-state index contributed by atoms with van der Waals surface area (Å²) in [4.78, 5) is 0. The highest BCUT2D eigenvalue weighted by molar-refractivity contribution is 5.00. The third-order valence-electron chi connectivity index (χ3n) is 4.50. The highest BCUT2D eigenvalue weighted by atomic mass is 16.6. The monoisotopic (exact) mass is 271 g/mol. The lowest BCUT2D eigenvalue weighted by Gasteiger charge is -2.54. The van der Waals surface area contributed by atoms with Crippen molar-refractivity contribution in [1.29, 1.82) is 0 Å². The molecule has 0 unspecified atom stereocenters. The van der Waals surface area contributed by atoms with Crippen LogP contribution in [-0.2, 0) is 4.74 Å². The average molecular weight is 271 g/mol. The van der Waals surface area contributed by atoms with Crippen LogP contribution in [0.1, 0.15) is 72.6 Å². The Morgan fingerprint density at radius 2 is 1.42 bits per heavy atom. The highest BCUT2D eigenvalue weighted by Gasteiger charge is 2.53. The van der Waals surface area contributed by atoms with Gasteiger partial charge in [0.15, 0.2) is 5.79 Å². The van der Waals surface area contributed by atoms with Gasteiger partial charge in [-0.15, -0.1) is 0 Å². The topological polar surface area (TPSA) is 52.9 Å². The van der Waals surface area contributed by atoms with Crippen LogP contribution in [0.5, 0.6) is 0 Å².